The van der Waals surface area contributed by atoms with E-state index in [1.165, 1.54) is 5.69 Å². The average molecular weight is 430 g/mol. The predicted octanol–water partition coefficient (Wildman–Crippen LogP) is 2.34. The van der Waals surface area contributed by atoms with Crippen LogP contribution in [0, 0.1) is 0 Å². The van der Waals surface area contributed by atoms with Crippen LogP contribution in [0.15, 0.2) is 60.9 Å². The molecule has 0 aliphatic carbocycles. The van der Waals surface area contributed by atoms with Gasteiger partial charge in [-0.3, -0.25) is 4.90 Å². The van der Waals surface area contributed by atoms with Gasteiger partial charge >= 0.3 is 0 Å². The van der Waals surface area contributed by atoms with Gasteiger partial charge in [0.2, 0.25) is 0 Å². The monoisotopic (exact) mass is 429 g/mol. The minimum Gasteiger partial charge on any atom is -0.399 e. The Hall–Kier alpha value is -3.62. The molecule has 2 aromatic carbocycles. The molecule has 0 saturated carbocycles. The topological polar surface area (TPSA) is 109 Å². The molecule has 0 atom stereocenters. The number of rotatable bonds is 5. The molecule has 0 bridgehead atoms. The average Bonchev–Trinajstić information content (AvgIpc) is 3.26. The molecule has 1 aliphatic heterocycles. The third-order valence-electron chi connectivity index (χ3n) is 6.12. The van der Waals surface area contributed by atoms with Crippen LogP contribution in [0.3, 0.4) is 0 Å². The molecule has 4 aromatic rings. The van der Waals surface area contributed by atoms with E-state index in [-0.39, 0.29) is 6.61 Å². The van der Waals surface area contributed by atoms with Crippen LogP contribution in [-0.2, 0) is 0 Å². The van der Waals surface area contributed by atoms with Gasteiger partial charge in [0, 0.05) is 61.4 Å². The van der Waals surface area contributed by atoms with Crippen LogP contribution in [0.1, 0.15) is 0 Å². The van der Waals surface area contributed by atoms with E-state index in [0.717, 1.165) is 60.6 Å². The Morgan fingerprint density at radius 2 is 1.47 bits per heavy atom. The fourth-order valence-electron chi connectivity index (χ4n) is 4.26. The number of piperazine rings is 1. The van der Waals surface area contributed by atoms with Crippen molar-refractivity contribution in [2.45, 2.75) is 0 Å². The number of anilines is 3. The summed E-state index contributed by atoms with van der Waals surface area (Å²) in [5, 5.41) is 13.6. The van der Waals surface area contributed by atoms with Gasteiger partial charge in [0.1, 0.15) is 5.82 Å². The number of fused-ring (bicyclic) bond motifs is 1. The van der Waals surface area contributed by atoms with Gasteiger partial charge in [-0.15, -0.1) is 0 Å². The summed E-state index contributed by atoms with van der Waals surface area (Å²) in [7, 11) is 0. The number of benzene rings is 2. The zero-order valence-electron chi connectivity index (χ0n) is 17.9. The summed E-state index contributed by atoms with van der Waals surface area (Å²) in [6.07, 6.45) is 3.61. The maximum Gasteiger partial charge on any atom is 0.165 e. The van der Waals surface area contributed by atoms with Crippen LogP contribution in [0.5, 0.6) is 0 Å². The standard InChI is InChI=1S/C24H27N7O/c25-19-5-1-17(2-6-19)21-15-27-24-22(16-28-31(24)23(21)26)18-3-7-20(8-4-18)30-11-9-29(10-12-30)13-14-32/h1-8,15-16,32H,9-14,25-26H2. The molecule has 0 spiro atoms. The number of nitrogen functional groups attached to an aromatic ring is 2. The molecule has 1 aliphatic rings. The van der Waals surface area contributed by atoms with E-state index in [4.69, 9.17) is 16.6 Å². The van der Waals surface area contributed by atoms with Crippen molar-refractivity contribution in [1.82, 2.24) is 19.5 Å². The lowest BCUT2D eigenvalue weighted by Gasteiger charge is -2.35. The highest BCUT2D eigenvalue weighted by Gasteiger charge is 2.18. The van der Waals surface area contributed by atoms with Crippen molar-refractivity contribution in [3.8, 4) is 22.3 Å². The Labute approximate surface area is 186 Å². The number of hydrogen-bond acceptors (Lipinski definition) is 7. The molecule has 0 amide bonds. The summed E-state index contributed by atoms with van der Waals surface area (Å²) >= 11 is 0. The van der Waals surface area contributed by atoms with Crippen molar-refractivity contribution in [3.05, 3.63) is 60.9 Å². The zero-order chi connectivity index (χ0) is 22.1. The van der Waals surface area contributed by atoms with Crippen molar-refractivity contribution in [2.24, 2.45) is 0 Å². The third kappa shape index (κ3) is 3.74. The summed E-state index contributed by atoms with van der Waals surface area (Å²) < 4.78 is 1.69. The second-order valence-electron chi connectivity index (χ2n) is 8.07. The van der Waals surface area contributed by atoms with Gasteiger partial charge < -0.3 is 21.5 Å². The Balaban J connectivity index is 1.39. The van der Waals surface area contributed by atoms with E-state index >= 15 is 0 Å². The maximum atomic E-state index is 9.12. The second-order valence-corrected chi connectivity index (χ2v) is 8.07. The molecule has 1 fully saturated rings. The largest absolute Gasteiger partial charge is 0.399 e. The predicted molar refractivity (Wildman–Crippen MR) is 128 cm³/mol. The molecule has 0 radical (unpaired) electrons. The molecule has 32 heavy (non-hydrogen) atoms. The number of β-amino-alcohol motifs (C(OH)–C–C–N with tert-alkyl or cyclic N) is 1. The molecule has 8 nitrogen and oxygen atoms in total. The Kier molecular flexibility index (Phi) is 5.38. The molecule has 3 heterocycles. The molecule has 164 valence electrons. The van der Waals surface area contributed by atoms with Crippen LogP contribution in [0.25, 0.3) is 27.9 Å². The Morgan fingerprint density at radius 1 is 0.812 bits per heavy atom. The minimum absolute atomic E-state index is 0.217. The zero-order valence-corrected chi connectivity index (χ0v) is 17.9. The lowest BCUT2D eigenvalue weighted by molar-refractivity contribution is 0.189. The first-order valence-corrected chi connectivity index (χ1v) is 10.8. The number of aromatic nitrogens is 3. The summed E-state index contributed by atoms with van der Waals surface area (Å²) in [5.41, 5.74) is 18.6. The van der Waals surface area contributed by atoms with E-state index in [0.29, 0.717) is 11.5 Å². The quantitative estimate of drug-likeness (QED) is 0.418. The van der Waals surface area contributed by atoms with E-state index < -0.39 is 0 Å². The number of hydrogen-bond donors (Lipinski definition) is 3. The van der Waals surface area contributed by atoms with Gasteiger partial charge in [-0.1, -0.05) is 24.3 Å². The van der Waals surface area contributed by atoms with Crippen LogP contribution >= 0.6 is 0 Å². The van der Waals surface area contributed by atoms with Gasteiger partial charge in [0.25, 0.3) is 0 Å². The first-order chi connectivity index (χ1) is 15.6. The van der Waals surface area contributed by atoms with Crippen LogP contribution in [-0.4, -0.2) is 63.9 Å². The van der Waals surface area contributed by atoms with Crippen molar-refractivity contribution in [2.75, 3.05) is 55.7 Å². The summed E-state index contributed by atoms with van der Waals surface area (Å²) in [6, 6.07) is 16.1. The number of aliphatic hydroxyl groups excluding tert-OH is 1. The fraction of sp³-hybridized carbons (Fsp3) is 0.250. The lowest BCUT2D eigenvalue weighted by atomic mass is 10.1. The third-order valence-corrected chi connectivity index (χ3v) is 6.12. The summed E-state index contributed by atoms with van der Waals surface area (Å²) in [4.78, 5) is 9.34. The first-order valence-electron chi connectivity index (χ1n) is 10.8. The Bertz CT molecular complexity index is 1210. The molecular formula is C24H27N7O. The minimum atomic E-state index is 0.217. The number of nitrogens with zero attached hydrogens (tertiary/aromatic N) is 5. The first kappa shape index (κ1) is 20.3. The van der Waals surface area contributed by atoms with E-state index in [1.54, 1.807) is 10.7 Å². The van der Waals surface area contributed by atoms with Crippen LogP contribution in [0.2, 0.25) is 0 Å². The summed E-state index contributed by atoms with van der Waals surface area (Å²) in [6.45, 7) is 4.82. The maximum absolute atomic E-state index is 9.12. The van der Waals surface area contributed by atoms with Crippen LogP contribution < -0.4 is 16.4 Å². The van der Waals surface area contributed by atoms with E-state index in [2.05, 4.69) is 44.1 Å². The van der Waals surface area contributed by atoms with Gasteiger partial charge in [-0.25, -0.2) is 4.98 Å². The second kappa shape index (κ2) is 8.49. The highest BCUT2D eigenvalue weighted by atomic mass is 16.3. The SMILES string of the molecule is Nc1ccc(-c2cnc3c(-c4ccc(N5CCN(CCO)CC5)cc4)cnn3c2N)cc1. The molecular weight excluding hydrogens is 402 g/mol. The molecule has 1 saturated heterocycles. The number of nitrogens with two attached hydrogens (primary N) is 2. The molecule has 8 heteroatoms. The normalized spacial score (nSPS) is 14.8. The van der Waals surface area contributed by atoms with Gasteiger partial charge in [-0.05, 0) is 35.4 Å². The van der Waals surface area contributed by atoms with Gasteiger partial charge in [-0.2, -0.15) is 9.61 Å². The van der Waals surface area contributed by atoms with E-state index in [1.807, 2.05) is 30.5 Å². The van der Waals surface area contributed by atoms with Crippen molar-refractivity contribution in [3.63, 3.8) is 0 Å². The lowest BCUT2D eigenvalue weighted by Crippen LogP contribution is -2.47. The highest BCUT2D eigenvalue weighted by Crippen LogP contribution is 2.31. The van der Waals surface area contributed by atoms with Crippen molar-refractivity contribution < 1.29 is 5.11 Å². The highest BCUT2D eigenvalue weighted by molar-refractivity contribution is 5.82. The molecule has 5 N–H and O–H groups in total. The summed E-state index contributed by atoms with van der Waals surface area (Å²) in [5.74, 6) is 0.545. The van der Waals surface area contributed by atoms with Crippen molar-refractivity contribution in [1.29, 1.82) is 0 Å². The molecule has 2 aromatic heterocycles. The Morgan fingerprint density at radius 3 is 2.16 bits per heavy atom. The smallest absolute Gasteiger partial charge is 0.165 e. The van der Waals surface area contributed by atoms with Crippen LogP contribution in [0.4, 0.5) is 17.2 Å². The van der Waals surface area contributed by atoms with Crippen molar-refractivity contribution >= 4 is 22.8 Å². The van der Waals surface area contributed by atoms with Gasteiger partial charge in [0.15, 0.2) is 5.65 Å². The van der Waals surface area contributed by atoms with E-state index in [9.17, 15) is 0 Å². The fourth-order valence-corrected chi connectivity index (χ4v) is 4.26. The molecule has 5 rings (SSSR count). The number of aliphatic hydroxyl groups is 1. The molecule has 0 unspecified atom stereocenters. The van der Waals surface area contributed by atoms with Gasteiger partial charge in [0.05, 0.1) is 12.8 Å².